The Morgan fingerprint density at radius 3 is 1.58 bits per heavy atom. The molecule has 77 heavy (non-hydrogen) atoms. The summed E-state index contributed by atoms with van der Waals surface area (Å²) in [7, 11) is 0. The molecule has 0 bridgehead atoms. The standard InChI is InChI=1S/C22H21N3OS.C18H18BrNO.C18H16BrNO.C4H4N2S.CH4/c1-14-9-17-11-18(26)13-21(25-20(17)10-15(14)2)16-5-3-6-19(12-16)27-22-23-7-4-8-24-22;2*1-11-6-14-9-16(21)10-18(20-17(14)7-12(11)2)13-4-3-5-15(19)8-13;7-4-5-2-1-3-6-4;/h3-10,12,21,25H,11,13H2,1-2H3;3-8,18,20H,9-10H2,1-2H3;3-8H,9-10H2,1-2H3;1-3H,(H,5,6,7);1H4. The molecular formula is C63H63Br2N7O3S2. The SMILES string of the molecule is C.Cc1cc2c(cc1C)N=C(c1cccc(Br)c1)CC(=O)C2.Cc1cc2c(cc1C)NC(c1cccc(Br)c1)CC(=O)C2.Cc1cc2c(cc1C)NC(c1cccc(Sc3ncccn3)c1)CC(=O)C2.S=c1nccc[nH]1. The molecule has 3 aliphatic rings. The smallest absolute Gasteiger partial charge is 0.196 e. The van der Waals surface area contributed by atoms with Crippen molar-refractivity contribution in [2.24, 2.45) is 4.99 Å². The minimum Gasteiger partial charge on any atom is -0.378 e. The minimum atomic E-state index is -0.0295. The average molecular weight is 1190 g/mol. The van der Waals surface area contributed by atoms with Crippen molar-refractivity contribution in [3.05, 3.63) is 227 Å². The molecule has 394 valence electrons. The van der Waals surface area contributed by atoms with Crippen LogP contribution < -0.4 is 10.6 Å². The van der Waals surface area contributed by atoms with Crippen molar-refractivity contribution in [2.75, 3.05) is 10.6 Å². The Morgan fingerprint density at radius 2 is 1.04 bits per heavy atom. The van der Waals surface area contributed by atoms with E-state index < -0.39 is 0 Å². The van der Waals surface area contributed by atoms with Gasteiger partial charge >= 0.3 is 0 Å². The van der Waals surface area contributed by atoms with Gasteiger partial charge in [0.25, 0.3) is 0 Å². The molecule has 3 N–H and O–H groups in total. The van der Waals surface area contributed by atoms with Crippen molar-refractivity contribution in [1.82, 2.24) is 19.9 Å². The summed E-state index contributed by atoms with van der Waals surface area (Å²) in [6.07, 6.45) is 9.78. The molecule has 2 atom stereocenters. The zero-order valence-electron chi connectivity index (χ0n) is 43.3. The van der Waals surface area contributed by atoms with Gasteiger partial charge in [-0.05, 0) is 199 Å². The maximum Gasteiger partial charge on any atom is 0.196 e. The molecule has 11 rings (SSSR count). The minimum absolute atomic E-state index is 0. The number of aryl methyl sites for hydroxylation is 6. The normalized spacial score (nSPS) is 15.3. The highest BCUT2D eigenvalue weighted by atomic mass is 79.9. The summed E-state index contributed by atoms with van der Waals surface area (Å²) in [5.74, 6) is 0.768. The molecule has 10 nitrogen and oxygen atoms in total. The number of ketones is 3. The van der Waals surface area contributed by atoms with Crippen LogP contribution >= 0.6 is 55.8 Å². The van der Waals surface area contributed by atoms with Crippen LogP contribution in [0.1, 0.15) is 106 Å². The van der Waals surface area contributed by atoms with E-state index in [1.54, 1.807) is 30.9 Å². The van der Waals surface area contributed by atoms with E-state index in [-0.39, 0.29) is 36.9 Å². The van der Waals surface area contributed by atoms with Crippen LogP contribution in [0.15, 0.2) is 170 Å². The number of hydrogen-bond acceptors (Lipinski definition) is 11. The van der Waals surface area contributed by atoms with Gasteiger partial charge in [0.1, 0.15) is 17.3 Å². The van der Waals surface area contributed by atoms with Crippen molar-refractivity contribution in [2.45, 2.75) is 110 Å². The van der Waals surface area contributed by atoms with Crippen molar-refractivity contribution in [3.8, 4) is 0 Å². The van der Waals surface area contributed by atoms with E-state index in [0.29, 0.717) is 43.3 Å². The second-order valence-electron chi connectivity index (χ2n) is 19.3. The number of rotatable bonds is 5. The summed E-state index contributed by atoms with van der Waals surface area (Å²) in [4.78, 5) is 57.9. The summed E-state index contributed by atoms with van der Waals surface area (Å²) < 4.78 is 2.57. The first-order valence-corrected chi connectivity index (χ1v) is 27.9. The van der Waals surface area contributed by atoms with Gasteiger partial charge in [0.15, 0.2) is 9.93 Å². The predicted molar refractivity (Wildman–Crippen MR) is 324 cm³/mol. The number of carbonyl (C=O) groups is 3. The summed E-state index contributed by atoms with van der Waals surface area (Å²) in [6, 6.07) is 40.8. The first kappa shape index (κ1) is 58.0. The molecule has 0 amide bonds. The van der Waals surface area contributed by atoms with Gasteiger partial charge in [-0.1, -0.05) is 93.9 Å². The number of halogens is 2. The van der Waals surface area contributed by atoms with Gasteiger partial charge in [0.05, 0.1) is 23.5 Å². The topological polar surface area (TPSA) is 142 Å². The first-order valence-electron chi connectivity index (χ1n) is 25.1. The van der Waals surface area contributed by atoms with E-state index in [9.17, 15) is 14.4 Å². The van der Waals surface area contributed by atoms with Crippen molar-refractivity contribution in [1.29, 1.82) is 0 Å². The Balaban J connectivity index is 0.000000158. The fourth-order valence-corrected chi connectivity index (χ4v) is 10.8. The van der Waals surface area contributed by atoms with E-state index in [0.717, 1.165) is 75.2 Å². The molecule has 6 aromatic carbocycles. The molecule has 0 spiro atoms. The second-order valence-corrected chi connectivity index (χ2v) is 22.6. The number of H-pyrrole nitrogens is 1. The number of Topliss-reactive ketones (excluding diaryl/α,β-unsaturated/α-hetero) is 3. The number of carbonyl (C=O) groups excluding carboxylic acids is 3. The van der Waals surface area contributed by atoms with Gasteiger partial charge in [0, 0.05) is 88.5 Å². The number of hydrogen-bond donors (Lipinski definition) is 3. The Hall–Kier alpha value is -6.71. The zero-order valence-corrected chi connectivity index (χ0v) is 48.1. The van der Waals surface area contributed by atoms with Crippen LogP contribution in [-0.4, -0.2) is 43.0 Å². The molecule has 3 aliphatic heterocycles. The quantitative estimate of drug-likeness (QED) is 0.113. The summed E-state index contributed by atoms with van der Waals surface area (Å²) in [5.41, 5.74) is 17.8. The number of aromatic nitrogens is 4. The van der Waals surface area contributed by atoms with Crippen LogP contribution in [0, 0.1) is 46.3 Å². The predicted octanol–water partition coefficient (Wildman–Crippen LogP) is 16.1. The van der Waals surface area contributed by atoms with E-state index in [2.05, 4.69) is 177 Å². The van der Waals surface area contributed by atoms with E-state index >= 15 is 0 Å². The number of benzene rings is 6. The Kier molecular flexibility index (Phi) is 20.4. The lowest BCUT2D eigenvalue weighted by Crippen LogP contribution is -2.13. The maximum absolute atomic E-state index is 12.5. The van der Waals surface area contributed by atoms with Crippen molar-refractivity contribution < 1.29 is 14.4 Å². The molecule has 8 aromatic rings. The highest BCUT2D eigenvalue weighted by Crippen LogP contribution is 2.36. The number of fused-ring (bicyclic) bond motifs is 3. The van der Waals surface area contributed by atoms with Crippen LogP contribution in [0.4, 0.5) is 17.1 Å². The van der Waals surface area contributed by atoms with Gasteiger partial charge in [0.2, 0.25) is 0 Å². The summed E-state index contributed by atoms with van der Waals surface area (Å²) >= 11 is 13.2. The van der Waals surface area contributed by atoms with E-state index in [4.69, 9.17) is 4.99 Å². The van der Waals surface area contributed by atoms with Crippen molar-refractivity contribution in [3.63, 3.8) is 0 Å². The van der Waals surface area contributed by atoms with Crippen LogP contribution in [0.25, 0.3) is 0 Å². The van der Waals surface area contributed by atoms with Gasteiger partial charge in [-0.2, -0.15) is 0 Å². The molecule has 0 fully saturated rings. The molecule has 2 unspecified atom stereocenters. The molecule has 2 aromatic heterocycles. The third-order valence-corrected chi connectivity index (χ3v) is 15.5. The fourth-order valence-electron chi connectivity index (χ4n) is 9.08. The first-order chi connectivity index (χ1) is 36.5. The number of anilines is 2. The van der Waals surface area contributed by atoms with Crippen LogP contribution in [-0.2, 0) is 33.6 Å². The highest BCUT2D eigenvalue weighted by molar-refractivity contribution is 9.10. The lowest BCUT2D eigenvalue weighted by Gasteiger charge is -2.19. The Bertz CT molecular complexity index is 3510. The molecular weight excluding hydrogens is 1130 g/mol. The Morgan fingerprint density at radius 1 is 0.532 bits per heavy atom. The average Bonchev–Trinajstić information content (AvgIpc) is 3.77. The number of aliphatic imine (C=N–C) groups is 1. The van der Waals surface area contributed by atoms with Crippen molar-refractivity contribution >= 4 is 96.0 Å². The van der Waals surface area contributed by atoms with Crippen LogP contribution in [0.2, 0.25) is 0 Å². The Labute approximate surface area is 478 Å². The number of nitrogens with zero attached hydrogens (tertiary/aromatic N) is 4. The third kappa shape index (κ3) is 16.2. The van der Waals surface area contributed by atoms with Gasteiger partial charge in [-0.15, -0.1) is 0 Å². The lowest BCUT2D eigenvalue weighted by atomic mass is 9.99. The van der Waals surface area contributed by atoms with E-state index in [1.807, 2.05) is 54.6 Å². The molecule has 0 aliphatic carbocycles. The maximum atomic E-state index is 12.5. The van der Waals surface area contributed by atoms with Gasteiger partial charge in [-0.25, -0.2) is 15.0 Å². The third-order valence-electron chi connectivity index (χ3n) is 13.4. The number of nitrogens with one attached hydrogen (secondary N) is 3. The summed E-state index contributed by atoms with van der Waals surface area (Å²) in [6.45, 7) is 12.6. The molecule has 5 heterocycles. The lowest BCUT2D eigenvalue weighted by molar-refractivity contribution is -0.119. The van der Waals surface area contributed by atoms with Gasteiger partial charge in [-0.3, -0.25) is 19.4 Å². The van der Waals surface area contributed by atoms with E-state index in [1.165, 1.54) is 45.1 Å². The summed E-state index contributed by atoms with van der Waals surface area (Å²) in [5, 5.41) is 7.88. The molecule has 0 radical (unpaired) electrons. The van der Waals surface area contributed by atoms with Crippen LogP contribution in [0.5, 0.6) is 0 Å². The largest absolute Gasteiger partial charge is 0.378 e. The molecule has 0 saturated carbocycles. The second kappa shape index (κ2) is 27.1. The monoisotopic (exact) mass is 1190 g/mol. The molecule has 0 saturated heterocycles. The van der Waals surface area contributed by atoms with Gasteiger partial charge < -0.3 is 15.6 Å². The van der Waals surface area contributed by atoms with Crippen LogP contribution in [0.3, 0.4) is 0 Å². The zero-order chi connectivity index (χ0) is 53.9. The highest BCUT2D eigenvalue weighted by Gasteiger charge is 2.25. The fraction of sp³-hybridized carbons (Fsp3) is 0.238. The molecule has 14 heteroatoms. The number of aromatic amines is 1.